The second kappa shape index (κ2) is 10.2. The van der Waals surface area contributed by atoms with Gasteiger partial charge in [-0.1, -0.05) is 164 Å². The van der Waals surface area contributed by atoms with Gasteiger partial charge in [-0.15, -0.1) is 0 Å². The molecule has 0 fully saturated rings. The first kappa shape index (κ1) is 24.3. The first-order valence-electron chi connectivity index (χ1n) is 14.5. The van der Waals surface area contributed by atoms with E-state index in [0.717, 1.165) is 0 Å². The highest BCUT2D eigenvalue weighted by molar-refractivity contribution is 6.21. The Labute approximate surface area is 246 Å². The Kier molecular flexibility index (Phi) is 5.90. The molecule has 0 spiro atoms. The van der Waals surface area contributed by atoms with Crippen molar-refractivity contribution in [2.24, 2.45) is 0 Å². The summed E-state index contributed by atoms with van der Waals surface area (Å²) in [4.78, 5) is 0. The van der Waals surface area contributed by atoms with Crippen LogP contribution in [0.5, 0.6) is 0 Å². The van der Waals surface area contributed by atoms with E-state index in [2.05, 4.69) is 170 Å². The van der Waals surface area contributed by atoms with E-state index in [0.29, 0.717) is 0 Å². The minimum Gasteiger partial charge on any atom is -0.0622 e. The van der Waals surface area contributed by atoms with E-state index in [4.69, 9.17) is 0 Å². The smallest absolute Gasteiger partial charge is 0.00264 e. The first-order valence-corrected chi connectivity index (χ1v) is 14.5. The molecule has 0 aliphatic heterocycles. The fourth-order valence-corrected chi connectivity index (χ4v) is 6.53. The predicted molar refractivity (Wildman–Crippen MR) is 181 cm³/mol. The summed E-state index contributed by atoms with van der Waals surface area (Å²) in [6.07, 6.45) is 0. The van der Waals surface area contributed by atoms with Gasteiger partial charge in [0, 0.05) is 0 Å². The van der Waals surface area contributed by atoms with Crippen LogP contribution >= 0.6 is 0 Å². The van der Waals surface area contributed by atoms with E-state index in [9.17, 15) is 0 Å². The normalized spacial score (nSPS) is 11.3. The van der Waals surface area contributed by atoms with Crippen molar-refractivity contribution >= 4 is 32.3 Å². The fourth-order valence-electron chi connectivity index (χ4n) is 6.53. The third-order valence-electron chi connectivity index (χ3n) is 8.46. The quantitative estimate of drug-likeness (QED) is 0.198. The maximum absolute atomic E-state index is 2.32. The molecule has 8 rings (SSSR count). The second-order valence-corrected chi connectivity index (χ2v) is 10.9. The third-order valence-corrected chi connectivity index (χ3v) is 8.46. The Balaban J connectivity index is 1.26. The lowest BCUT2D eigenvalue weighted by atomic mass is 9.85. The molecule has 0 aromatic heterocycles. The summed E-state index contributed by atoms with van der Waals surface area (Å²) in [5.74, 6) is 0. The van der Waals surface area contributed by atoms with Gasteiger partial charge >= 0.3 is 0 Å². The highest BCUT2D eigenvalue weighted by Crippen LogP contribution is 2.43. The summed E-state index contributed by atoms with van der Waals surface area (Å²) in [6.45, 7) is 0. The molecule has 8 aromatic rings. The SMILES string of the molecule is c1ccc(-c2c3ccccc3c(-c3ccc(-c4cccc(-c5cccc6ccccc56)c4)cc3)c3ccccc23)cc1. The molecule has 0 N–H and O–H groups in total. The lowest BCUT2D eigenvalue weighted by Crippen LogP contribution is -1.90. The van der Waals surface area contributed by atoms with Crippen LogP contribution in [0.25, 0.3) is 76.8 Å². The summed E-state index contributed by atoms with van der Waals surface area (Å²) in [5.41, 5.74) is 10.0. The van der Waals surface area contributed by atoms with Crippen LogP contribution in [0.3, 0.4) is 0 Å². The first-order chi connectivity index (χ1) is 20.8. The highest BCUT2D eigenvalue weighted by atomic mass is 14.2. The van der Waals surface area contributed by atoms with Gasteiger partial charge in [-0.05, 0) is 82.9 Å². The Morgan fingerprint density at radius 1 is 0.238 bits per heavy atom. The van der Waals surface area contributed by atoms with Crippen LogP contribution in [0.1, 0.15) is 0 Å². The van der Waals surface area contributed by atoms with E-state index < -0.39 is 0 Å². The molecular formula is C42H28. The van der Waals surface area contributed by atoms with Crippen LogP contribution in [0.2, 0.25) is 0 Å². The van der Waals surface area contributed by atoms with Gasteiger partial charge in [0.2, 0.25) is 0 Å². The second-order valence-electron chi connectivity index (χ2n) is 10.9. The van der Waals surface area contributed by atoms with Crippen molar-refractivity contribution < 1.29 is 0 Å². The molecule has 0 aliphatic rings. The summed E-state index contributed by atoms with van der Waals surface area (Å²) in [5, 5.41) is 7.67. The summed E-state index contributed by atoms with van der Waals surface area (Å²) in [6, 6.07) is 61.7. The average molecular weight is 533 g/mol. The number of fused-ring (bicyclic) bond motifs is 3. The number of hydrogen-bond donors (Lipinski definition) is 0. The van der Waals surface area contributed by atoms with Crippen molar-refractivity contribution in [3.63, 3.8) is 0 Å². The van der Waals surface area contributed by atoms with Crippen LogP contribution in [0, 0.1) is 0 Å². The Hall–Kier alpha value is -5.46. The molecule has 0 saturated carbocycles. The van der Waals surface area contributed by atoms with Gasteiger partial charge in [0.25, 0.3) is 0 Å². The molecule has 8 aromatic carbocycles. The molecule has 42 heavy (non-hydrogen) atoms. The van der Waals surface area contributed by atoms with E-state index in [1.165, 1.54) is 76.8 Å². The van der Waals surface area contributed by atoms with Crippen molar-refractivity contribution in [1.82, 2.24) is 0 Å². The minimum absolute atomic E-state index is 1.22. The fraction of sp³-hybridized carbons (Fsp3) is 0. The predicted octanol–water partition coefficient (Wildman–Crippen LogP) is 11.8. The monoisotopic (exact) mass is 532 g/mol. The summed E-state index contributed by atoms with van der Waals surface area (Å²) in [7, 11) is 0. The molecular weight excluding hydrogens is 504 g/mol. The van der Waals surface area contributed by atoms with E-state index in [1.807, 2.05) is 0 Å². The molecule has 0 heterocycles. The molecule has 0 nitrogen and oxygen atoms in total. The van der Waals surface area contributed by atoms with Crippen LogP contribution in [-0.4, -0.2) is 0 Å². The number of hydrogen-bond acceptors (Lipinski definition) is 0. The lowest BCUT2D eigenvalue weighted by Gasteiger charge is -2.18. The molecule has 0 bridgehead atoms. The largest absolute Gasteiger partial charge is 0.0622 e. The maximum atomic E-state index is 2.32. The van der Waals surface area contributed by atoms with Gasteiger partial charge in [0.15, 0.2) is 0 Å². The number of rotatable bonds is 4. The Morgan fingerprint density at radius 3 is 1.31 bits per heavy atom. The van der Waals surface area contributed by atoms with Gasteiger partial charge in [0.1, 0.15) is 0 Å². The van der Waals surface area contributed by atoms with Crippen LogP contribution in [-0.2, 0) is 0 Å². The summed E-state index contributed by atoms with van der Waals surface area (Å²) >= 11 is 0. The average Bonchev–Trinajstić information content (AvgIpc) is 3.07. The van der Waals surface area contributed by atoms with E-state index >= 15 is 0 Å². The molecule has 0 saturated heterocycles. The molecule has 196 valence electrons. The van der Waals surface area contributed by atoms with Crippen molar-refractivity contribution in [1.29, 1.82) is 0 Å². The molecule has 0 aliphatic carbocycles. The van der Waals surface area contributed by atoms with Gasteiger partial charge in [-0.3, -0.25) is 0 Å². The van der Waals surface area contributed by atoms with Crippen molar-refractivity contribution in [2.45, 2.75) is 0 Å². The zero-order valence-electron chi connectivity index (χ0n) is 23.2. The zero-order valence-corrected chi connectivity index (χ0v) is 23.2. The number of benzene rings is 8. The van der Waals surface area contributed by atoms with Crippen LogP contribution in [0.15, 0.2) is 170 Å². The lowest BCUT2D eigenvalue weighted by molar-refractivity contribution is 1.60. The summed E-state index contributed by atoms with van der Waals surface area (Å²) < 4.78 is 0. The van der Waals surface area contributed by atoms with Gasteiger partial charge in [-0.2, -0.15) is 0 Å². The van der Waals surface area contributed by atoms with E-state index in [1.54, 1.807) is 0 Å². The molecule has 0 unspecified atom stereocenters. The maximum Gasteiger partial charge on any atom is -0.00264 e. The topological polar surface area (TPSA) is 0 Å². The van der Waals surface area contributed by atoms with Gasteiger partial charge in [-0.25, -0.2) is 0 Å². The molecule has 0 radical (unpaired) electrons. The zero-order chi connectivity index (χ0) is 27.9. The Bertz CT molecular complexity index is 2160. The van der Waals surface area contributed by atoms with Crippen LogP contribution in [0.4, 0.5) is 0 Å². The van der Waals surface area contributed by atoms with E-state index in [-0.39, 0.29) is 0 Å². The Morgan fingerprint density at radius 2 is 0.667 bits per heavy atom. The van der Waals surface area contributed by atoms with Crippen molar-refractivity contribution in [3.8, 4) is 44.5 Å². The minimum atomic E-state index is 1.22. The molecule has 0 heteroatoms. The van der Waals surface area contributed by atoms with Crippen LogP contribution < -0.4 is 0 Å². The van der Waals surface area contributed by atoms with Crippen molar-refractivity contribution in [2.75, 3.05) is 0 Å². The van der Waals surface area contributed by atoms with Gasteiger partial charge in [0.05, 0.1) is 0 Å². The third kappa shape index (κ3) is 4.08. The molecule has 0 atom stereocenters. The van der Waals surface area contributed by atoms with Crippen molar-refractivity contribution in [3.05, 3.63) is 170 Å². The van der Waals surface area contributed by atoms with Gasteiger partial charge < -0.3 is 0 Å². The highest BCUT2D eigenvalue weighted by Gasteiger charge is 2.16. The molecule has 0 amide bonds. The standard InChI is InChI=1S/C42H28/c1-2-13-31(14-3-1)41-37-19-6-8-21-39(37)42(40-22-9-7-20-38(40)41)32-26-24-29(25-27-32)33-16-10-17-34(28-33)36-23-11-15-30-12-4-5-18-35(30)36/h1-28H.